The lowest BCUT2D eigenvalue weighted by atomic mass is 9.71. The summed E-state index contributed by atoms with van der Waals surface area (Å²) >= 11 is 0. The highest BCUT2D eigenvalue weighted by atomic mass is 16.7. The number of amides is 2. The third-order valence-corrected chi connectivity index (χ3v) is 5.78. The Labute approximate surface area is 152 Å². The molecule has 1 spiro atoms. The first-order valence-corrected chi connectivity index (χ1v) is 8.98. The second-order valence-corrected chi connectivity index (χ2v) is 7.51. The molecule has 1 aromatic rings. The third-order valence-electron chi connectivity index (χ3n) is 5.78. The van der Waals surface area contributed by atoms with E-state index in [9.17, 15) is 9.59 Å². The zero-order chi connectivity index (χ0) is 18.3. The van der Waals surface area contributed by atoms with Gasteiger partial charge in [0.2, 0.25) is 12.7 Å². The van der Waals surface area contributed by atoms with Crippen molar-refractivity contribution in [1.29, 1.82) is 0 Å². The lowest BCUT2D eigenvalue weighted by molar-refractivity contribution is -0.138. The quantitative estimate of drug-likeness (QED) is 0.797. The summed E-state index contributed by atoms with van der Waals surface area (Å²) in [6, 6.07) is 5.24. The minimum absolute atomic E-state index is 0.0665. The van der Waals surface area contributed by atoms with Gasteiger partial charge in [-0.15, -0.1) is 0 Å². The first-order valence-electron chi connectivity index (χ1n) is 8.98. The van der Waals surface area contributed by atoms with Crippen LogP contribution >= 0.6 is 0 Å². The number of nitrogens with zero attached hydrogens (tertiary/aromatic N) is 2. The maximum absolute atomic E-state index is 13.1. The minimum atomic E-state index is -0.189. The molecule has 0 aliphatic carbocycles. The largest absolute Gasteiger partial charge is 0.454 e. The molecule has 0 bridgehead atoms. The van der Waals surface area contributed by atoms with Crippen molar-refractivity contribution < 1.29 is 23.8 Å². The van der Waals surface area contributed by atoms with Gasteiger partial charge >= 0.3 is 0 Å². The Hall–Kier alpha value is -2.28. The summed E-state index contributed by atoms with van der Waals surface area (Å²) < 4.78 is 16.2. The van der Waals surface area contributed by atoms with Gasteiger partial charge in [0.15, 0.2) is 11.5 Å². The predicted molar refractivity (Wildman–Crippen MR) is 93.1 cm³/mol. The first kappa shape index (κ1) is 17.1. The van der Waals surface area contributed by atoms with E-state index in [4.69, 9.17) is 14.2 Å². The van der Waals surface area contributed by atoms with Crippen LogP contribution in [0.3, 0.4) is 0 Å². The molecule has 3 aliphatic heterocycles. The molecule has 26 heavy (non-hydrogen) atoms. The molecule has 0 N–H and O–H groups in total. The molecule has 1 atom stereocenters. The van der Waals surface area contributed by atoms with E-state index >= 15 is 0 Å². The number of likely N-dealkylation sites (tertiary alicyclic amines) is 1. The molecular weight excluding hydrogens is 336 g/mol. The average molecular weight is 360 g/mol. The lowest BCUT2D eigenvalue weighted by Gasteiger charge is -2.37. The molecule has 2 fully saturated rings. The van der Waals surface area contributed by atoms with Gasteiger partial charge in [-0.1, -0.05) is 0 Å². The van der Waals surface area contributed by atoms with Crippen LogP contribution in [0, 0.1) is 11.3 Å². The van der Waals surface area contributed by atoms with Crippen molar-refractivity contribution >= 4 is 11.8 Å². The summed E-state index contributed by atoms with van der Waals surface area (Å²) in [5.41, 5.74) is 0.375. The number of ether oxygens (including phenoxy) is 3. The fraction of sp³-hybridized carbons (Fsp3) is 0.579. The van der Waals surface area contributed by atoms with Crippen LogP contribution in [0.1, 0.15) is 23.2 Å². The number of hydrogen-bond donors (Lipinski definition) is 0. The number of fused-ring (bicyclic) bond motifs is 1. The summed E-state index contributed by atoms with van der Waals surface area (Å²) in [6.45, 7) is 2.50. The molecule has 3 heterocycles. The van der Waals surface area contributed by atoms with Gasteiger partial charge in [-0.05, 0) is 31.0 Å². The van der Waals surface area contributed by atoms with Crippen molar-refractivity contribution in [2.24, 2.45) is 11.3 Å². The Morgan fingerprint density at radius 2 is 1.88 bits per heavy atom. The van der Waals surface area contributed by atoms with Crippen LogP contribution in [0.4, 0.5) is 0 Å². The van der Waals surface area contributed by atoms with Crippen LogP contribution < -0.4 is 9.47 Å². The van der Waals surface area contributed by atoms with Crippen molar-refractivity contribution in [3.63, 3.8) is 0 Å². The van der Waals surface area contributed by atoms with E-state index in [-0.39, 0.29) is 29.9 Å². The number of carbonyl (C=O) groups is 2. The van der Waals surface area contributed by atoms with Gasteiger partial charge in [-0.3, -0.25) is 9.59 Å². The van der Waals surface area contributed by atoms with Crippen molar-refractivity contribution in [1.82, 2.24) is 9.80 Å². The molecule has 140 valence electrons. The van der Waals surface area contributed by atoms with Gasteiger partial charge in [0, 0.05) is 51.4 Å². The third kappa shape index (κ3) is 2.80. The van der Waals surface area contributed by atoms with Gasteiger partial charge in [-0.2, -0.15) is 0 Å². The molecule has 0 radical (unpaired) electrons. The standard InChI is InChI=1S/C19H24N2O5/c1-20(2)18(23)14-10-21(11-19(14)5-7-24-8-6-19)17(22)13-3-4-15-16(9-13)26-12-25-15/h3-4,9,14H,5-8,10-12H2,1-2H3. The van der Waals surface area contributed by atoms with Crippen LogP contribution in [0.15, 0.2) is 18.2 Å². The number of rotatable bonds is 2. The SMILES string of the molecule is CN(C)C(=O)C1CN(C(=O)c2ccc3c(c2)OCO3)CC12CCOCC2. The second kappa shape index (κ2) is 6.46. The minimum Gasteiger partial charge on any atom is -0.454 e. The van der Waals surface area contributed by atoms with E-state index in [2.05, 4.69) is 0 Å². The average Bonchev–Trinajstić information content (AvgIpc) is 3.25. The molecule has 1 aromatic carbocycles. The normalized spacial score (nSPS) is 23.3. The fourth-order valence-corrected chi connectivity index (χ4v) is 4.27. The highest BCUT2D eigenvalue weighted by Gasteiger charge is 2.52. The van der Waals surface area contributed by atoms with E-state index < -0.39 is 0 Å². The Morgan fingerprint density at radius 3 is 2.62 bits per heavy atom. The molecule has 2 saturated heterocycles. The molecule has 1 unspecified atom stereocenters. The molecule has 2 amide bonds. The molecular formula is C19H24N2O5. The van der Waals surface area contributed by atoms with E-state index in [0.29, 0.717) is 43.4 Å². The number of benzene rings is 1. The smallest absolute Gasteiger partial charge is 0.254 e. The lowest BCUT2D eigenvalue weighted by Crippen LogP contribution is -2.44. The van der Waals surface area contributed by atoms with Crippen molar-refractivity contribution in [3.8, 4) is 11.5 Å². The first-order chi connectivity index (χ1) is 12.5. The molecule has 3 aliphatic rings. The Kier molecular flexibility index (Phi) is 4.26. The van der Waals surface area contributed by atoms with Gasteiger partial charge < -0.3 is 24.0 Å². The summed E-state index contributed by atoms with van der Waals surface area (Å²) in [6.07, 6.45) is 1.62. The second-order valence-electron chi connectivity index (χ2n) is 7.51. The van der Waals surface area contributed by atoms with E-state index in [0.717, 1.165) is 12.8 Å². The zero-order valence-electron chi connectivity index (χ0n) is 15.2. The van der Waals surface area contributed by atoms with Crippen molar-refractivity contribution in [2.75, 3.05) is 47.2 Å². The van der Waals surface area contributed by atoms with Gasteiger partial charge in [0.05, 0.1) is 5.92 Å². The molecule has 4 rings (SSSR count). The maximum atomic E-state index is 13.1. The molecule has 0 saturated carbocycles. The number of hydrogen-bond acceptors (Lipinski definition) is 5. The fourth-order valence-electron chi connectivity index (χ4n) is 4.27. The topological polar surface area (TPSA) is 68.3 Å². The Morgan fingerprint density at radius 1 is 1.15 bits per heavy atom. The molecule has 7 nitrogen and oxygen atoms in total. The van der Waals surface area contributed by atoms with Crippen molar-refractivity contribution in [2.45, 2.75) is 12.8 Å². The highest BCUT2D eigenvalue weighted by molar-refractivity contribution is 5.96. The summed E-state index contributed by atoms with van der Waals surface area (Å²) in [4.78, 5) is 29.3. The van der Waals surface area contributed by atoms with Gasteiger partial charge in [0.1, 0.15) is 0 Å². The van der Waals surface area contributed by atoms with Gasteiger partial charge in [-0.25, -0.2) is 0 Å². The monoisotopic (exact) mass is 360 g/mol. The van der Waals surface area contributed by atoms with Crippen LogP contribution in [-0.4, -0.2) is 68.8 Å². The van der Waals surface area contributed by atoms with Crippen molar-refractivity contribution in [3.05, 3.63) is 23.8 Å². The van der Waals surface area contributed by atoms with E-state index in [1.165, 1.54) is 0 Å². The number of carbonyl (C=O) groups excluding carboxylic acids is 2. The van der Waals surface area contributed by atoms with Gasteiger partial charge in [0.25, 0.3) is 5.91 Å². The molecule has 7 heteroatoms. The summed E-state index contributed by atoms with van der Waals surface area (Å²) in [7, 11) is 3.55. The van der Waals surface area contributed by atoms with Crippen LogP contribution in [0.5, 0.6) is 11.5 Å². The highest BCUT2D eigenvalue weighted by Crippen LogP contribution is 2.45. The van der Waals surface area contributed by atoms with Crippen LogP contribution in [-0.2, 0) is 9.53 Å². The summed E-state index contributed by atoms with van der Waals surface area (Å²) in [5.74, 6) is 1.09. The van der Waals surface area contributed by atoms with Crippen LogP contribution in [0.2, 0.25) is 0 Å². The Bertz CT molecular complexity index is 727. The summed E-state index contributed by atoms with van der Waals surface area (Å²) in [5, 5.41) is 0. The van der Waals surface area contributed by atoms with Crippen LogP contribution in [0.25, 0.3) is 0 Å². The Balaban J connectivity index is 1.59. The maximum Gasteiger partial charge on any atom is 0.254 e. The van der Waals surface area contributed by atoms with E-state index in [1.807, 2.05) is 4.90 Å². The predicted octanol–water partition coefficient (Wildman–Crippen LogP) is 1.37. The molecule has 0 aromatic heterocycles. The van der Waals surface area contributed by atoms with E-state index in [1.54, 1.807) is 37.2 Å². The zero-order valence-corrected chi connectivity index (χ0v) is 15.2.